The number of aryl methyl sites for hydroxylation is 2. The van der Waals surface area contributed by atoms with Gasteiger partial charge in [0.1, 0.15) is 0 Å². The lowest BCUT2D eigenvalue weighted by Crippen LogP contribution is -2.10. The lowest BCUT2D eigenvalue weighted by molar-refractivity contribution is 0.176. The van der Waals surface area contributed by atoms with Gasteiger partial charge in [0.05, 0.1) is 17.9 Å². The van der Waals surface area contributed by atoms with Gasteiger partial charge in [-0.1, -0.05) is 18.2 Å². The smallest absolute Gasteiger partial charge is 0.0966 e. The van der Waals surface area contributed by atoms with Gasteiger partial charge in [0.15, 0.2) is 0 Å². The third-order valence-electron chi connectivity index (χ3n) is 7.37. The molecule has 2 aromatic carbocycles. The molecule has 0 fully saturated rings. The van der Waals surface area contributed by atoms with E-state index in [0.717, 1.165) is 73.5 Å². The number of aliphatic hydroxyl groups is 2. The van der Waals surface area contributed by atoms with Crippen LogP contribution >= 0.6 is 0 Å². The van der Waals surface area contributed by atoms with Crippen LogP contribution < -0.4 is 16.0 Å². The number of hydrogen-bond acceptors (Lipinski definition) is 6. The van der Waals surface area contributed by atoms with Crippen molar-refractivity contribution in [3.63, 3.8) is 0 Å². The summed E-state index contributed by atoms with van der Waals surface area (Å²) in [7, 11) is 0. The number of nitrogens with one attached hydrogen (secondary N) is 3. The number of fused-ring (bicyclic) bond motifs is 2. The predicted octanol–water partition coefficient (Wildman–Crippen LogP) is 5.44. The number of aliphatic hydroxyl groups excluding tert-OH is 2. The van der Waals surface area contributed by atoms with Gasteiger partial charge in [0.25, 0.3) is 0 Å². The molecule has 6 heteroatoms. The first-order chi connectivity index (χ1) is 17.0. The Kier molecular flexibility index (Phi) is 6.93. The number of hydrogen-bond donors (Lipinski definition) is 5. The van der Waals surface area contributed by atoms with Crippen LogP contribution in [0.4, 0.5) is 22.7 Å². The molecule has 0 saturated carbocycles. The first-order valence-corrected chi connectivity index (χ1v) is 12.8. The minimum Gasteiger partial charge on any atom is -0.393 e. The molecule has 5 N–H and O–H groups in total. The largest absolute Gasteiger partial charge is 0.393 e. The number of anilines is 4. The molecular formula is C29H36N4O2. The van der Waals surface area contributed by atoms with Crippen molar-refractivity contribution in [2.45, 2.75) is 64.1 Å². The first-order valence-electron chi connectivity index (χ1n) is 12.8. The van der Waals surface area contributed by atoms with Crippen molar-refractivity contribution in [2.24, 2.45) is 0 Å². The summed E-state index contributed by atoms with van der Waals surface area (Å²) in [6.07, 6.45) is 5.41. The van der Waals surface area contributed by atoms with Crippen molar-refractivity contribution in [1.29, 1.82) is 0 Å². The van der Waals surface area contributed by atoms with Gasteiger partial charge in [-0.3, -0.25) is 4.98 Å². The third-order valence-corrected chi connectivity index (χ3v) is 7.37. The number of para-hydroxylation sites is 1. The average molecular weight is 473 g/mol. The van der Waals surface area contributed by atoms with Crippen molar-refractivity contribution in [3.8, 4) is 0 Å². The Labute approximate surface area is 207 Å². The van der Waals surface area contributed by atoms with Crippen molar-refractivity contribution in [3.05, 3.63) is 76.6 Å². The molecule has 1 aliphatic carbocycles. The highest BCUT2D eigenvalue weighted by atomic mass is 16.3. The van der Waals surface area contributed by atoms with Crippen LogP contribution in [0.1, 0.15) is 66.2 Å². The van der Waals surface area contributed by atoms with E-state index in [4.69, 9.17) is 0 Å². The second-order valence-corrected chi connectivity index (χ2v) is 9.99. The maximum atomic E-state index is 10.1. The average Bonchev–Trinajstić information content (AvgIpc) is 3.44. The van der Waals surface area contributed by atoms with E-state index in [-0.39, 0.29) is 6.10 Å². The fourth-order valence-electron chi connectivity index (χ4n) is 5.41. The van der Waals surface area contributed by atoms with Crippen LogP contribution in [0.5, 0.6) is 0 Å². The zero-order valence-electron chi connectivity index (χ0n) is 20.6. The van der Waals surface area contributed by atoms with Crippen LogP contribution in [0.15, 0.2) is 48.7 Å². The summed E-state index contributed by atoms with van der Waals surface area (Å²) >= 11 is 0. The van der Waals surface area contributed by atoms with Crippen molar-refractivity contribution in [2.75, 3.05) is 29.0 Å². The number of rotatable bonds is 9. The Morgan fingerprint density at radius 3 is 2.89 bits per heavy atom. The fourth-order valence-corrected chi connectivity index (χ4v) is 5.41. The summed E-state index contributed by atoms with van der Waals surface area (Å²) in [6.45, 7) is 5.86. The van der Waals surface area contributed by atoms with E-state index in [1.807, 2.05) is 13.0 Å². The first kappa shape index (κ1) is 23.6. The van der Waals surface area contributed by atoms with E-state index in [1.165, 1.54) is 22.4 Å². The lowest BCUT2D eigenvalue weighted by atomic mass is 9.94. The Balaban J connectivity index is 1.19. The van der Waals surface area contributed by atoms with Gasteiger partial charge in [0.2, 0.25) is 0 Å². The Morgan fingerprint density at radius 1 is 1.17 bits per heavy atom. The van der Waals surface area contributed by atoms with Crippen LogP contribution in [0.2, 0.25) is 0 Å². The van der Waals surface area contributed by atoms with E-state index in [2.05, 4.69) is 64.3 Å². The molecule has 5 rings (SSSR count). The van der Waals surface area contributed by atoms with E-state index < -0.39 is 6.10 Å². The highest BCUT2D eigenvalue weighted by Gasteiger charge is 2.25. The summed E-state index contributed by atoms with van der Waals surface area (Å²) in [5.74, 6) is 0.495. The van der Waals surface area contributed by atoms with Gasteiger partial charge in [-0.05, 0) is 92.5 Å². The molecular weight excluding hydrogens is 436 g/mol. The van der Waals surface area contributed by atoms with Crippen LogP contribution in [-0.4, -0.2) is 34.4 Å². The van der Waals surface area contributed by atoms with Gasteiger partial charge in [0, 0.05) is 48.0 Å². The van der Waals surface area contributed by atoms with Crippen LogP contribution in [0.25, 0.3) is 0 Å². The molecule has 184 valence electrons. The molecule has 1 aliphatic heterocycles. The van der Waals surface area contributed by atoms with Gasteiger partial charge in [-0.15, -0.1) is 0 Å². The molecule has 0 bridgehead atoms. The molecule has 2 heterocycles. The summed E-state index contributed by atoms with van der Waals surface area (Å²) in [5, 5.41) is 30.5. The molecule has 3 unspecified atom stereocenters. The maximum Gasteiger partial charge on any atom is 0.0966 e. The molecule has 1 aromatic heterocycles. The van der Waals surface area contributed by atoms with E-state index in [9.17, 15) is 10.2 Å². The molecule has 6 nitrogen and oxygen atoms in total. The van der Waals surface area contributed by atoms with Gasteiger partial charge < -0.3 is 26.2 Å². The quantitative estimate of drug-likeness (QED) is 0.285. The summed E-state index contributed by atoms with van der Waals surface area (Å²) < 4.78 is 0. The normalized spacial score (nSPS) is 19.1. The van der Waals surface area contributed by atoms with Gasteiger partial charge in [-0.25, -0.2) is 0 Å². The van der Waals surface area contributed by atoms with Crippen molar-refractivity contribution < 1.29 is 10.2 Å². The monoisotopic (exact) mass is 472 g/mol. The molecule has 0 spiro atoms. The van der Waals surface area contributed by atoms with E-state index in [0.29, 0.717) is 5.92 Å². The van der Waals surface area contributed by atoms with E-state index in [1.54, 1.807) is 6.20 Å². The Hall–Kier alpha value is -3.09. The van der Waals surface area contributed by atoms with E-state index >= 15 is 0 Å². The maximum absolute atomic E-state index is 10.1. The highest BCUT2D eigenvalue weighted by molar-refractivity contribution is 5.68. The molecule has 3 atom stereocenters. The number of nitrogens with zero attached hydrogens (tertiary/aromatic N) is 1. The molecule has 3 aromatic rings. The molecule has 0 saturated heterocycles. The molecule has 35 heavy (non-hydrogen) atoms. The fraction of sp³-hybridized carbons (Fsp3) is 0.414. The Bertz CT molecular complexity index is 1190. The molecule has 0 amide bonds. The number of benzene rings is 2. The second-order valence-electron chi connectivity index (χ2n) is 9.99. The van der Waals surface area contributed by atoms with Crippen molar-refractivity contribution in [1.82, 2.24) is 4.98 Å². The van der Waals surface area contributed by atoms with Gasteiger partial charge in [-0.2, -0.15) is 0 Å². The highest BCUT2D eigenvalue weighted by Crippen LogP contribution is 2.37. The molecule has 0 radical (unpaired) electrons. The van der Waals surface area contributed by atoms with Crippen LogP contribution in [-0.2, 0) is 12.8 Å². The van der Waals surface area contributed by atoms with Gasteiger partial charge >= 0.3 is 0 Å². The number of pyridine rings is 1. The van der Waals surface area contributed by atoms with Crippen LogP contribution in [0.3, 0.4) is 0 Å². The standard InChI is InChI=1S/C29H36N4O2/c1-18-16-22(33-26-13-15-31-29-24(26)9-11-27(29)35)8-10-25(18)30-14-12-21-17-32-28-20(7-6-19(2)34)4-3-5-23(21)28/h3-5,8,10,13,15-16,19,21,27,30,32,34-35H,6-7,9,11-12,14,17H2,1-2H3,(H,31,33). The minimum absolute atomic E-state index is 0.268. The summed E-state index contributed by atoms with van der Waals surface area (Å²) in [4.78, 5) is 4.36. The third kappa shape index (κ3) is 5.14. The number of aromatic nitrogens is 1. The zero-order valence-corrected chi connectivity index (χ0v) is 20.6. The summed E-state index contributed by atoms with van der Waals surface area (Å²) in [6, 6.07) is 15.0. The molecule has 2 aliphatic rings. The lowest BCUT2D eigenvalue weighted by Gasteiger charge is -2.16. The predicted molar refractivity (Wildman–Crippen MR) is 143 cm³/mol. The van der Waals surface area contributed by atoms with Crippen LogP contribution in [0, 0.1) is 6.92 Å². The zero-order chi connectivity index (χ0) is 24.4. The minimum atomic E-state index is -0.446. The Morgan fingerprint density at radius 2 is 2.06 bits per heavy atom. The van der Waals surface area contributed by atoms with Crippen molar-refractivity contribution >= 4 is 22.7 Å². The SMILES string of the molecule is Cc1cc(Nc2ccnc3c2CCC3O)ccc1NCCC1CNc2c(CCC(C)O)cccc21. The second kappa shape index (κ2) is 10.3. The summed E-state index contributed by atoms with van der Waals surface area (Å²) in [5.41, 5.74) is 10.4. The topological polar surface area (TPSA) is 89.4 Å².